The van der Waals surface area contributed by atoms with Gasteiger partial charge in [-0.05, 0) is 35.2 Å². The maximum absolute atomic E-state index is 13.1. The van der Waals surface area contributed by atoms with Crippen molar-refractivity contribution < 1.29 is 24.2 Å². The van der Waals surface area contributed by atoms with Crippen molar-refractivity contribution in [1.29, 1.82) is 0 Å². The molecule has 31 heavy (non-hydrogen) atoms. The molecule has 5 rings (SSSR count). The highest BCUT2D eigenvalue weighted by molar-refractivity contribution is 7.10. The maximum atomic E-state index is 13.1. The third-order valence-electron chi connectivity index (χ3n) is 5.36. The summed E-state index contributed by atoms with van der Waals surface area (Å²) < 4.78 is 11.1. The van der Waals surface area contributed by atoms with E-state index >= 15 is 0 Å². The molecule has 7 heteroatoms. The number of thiophene rings is 1. The summed E-state index contributed by atoms with van der Waals surface area (Å²) in [4.78, 5) is 28.4. The lowest BCUT2D eigenvalue weighted by Crippen LogP contribution is -2.28. The zero-order chi connectivity index (χ0) is 21.4. The van der Waals surface area contributed by atoms with Crippen LogP contribution in [0.15, 0.2) is 71.6 Å². The van der Waals surface area contributed by atoms with Crippen LogP contribution in [0, 0.1) is 0 Å². The fourth-order valence-corrected chi connectivity index (χ4v) is 4.76. The van der Waals surface area contributed by atoms with Crippen molar-refractivity contribution in [2.75, 3.05) is 13.2 Å². The Labute approximate surface area is 183 Å². The van der Waals surface area contributed by atoms with Crippen LogP contribution in [-0.2, 0) is 16.1 Å². The molecule has 1 N–H and O–H groups in total. The standard InChI is InChI=1S/C24H19NO5S/c26-22(16-8-9-17-18(13-16)30-11-10-29-17)20-21(19-7-4-12-31-19)25(24(28)23(20)27)14-15-5-2-1-3-6-15/h1-9,12-13,21,26H,10-11,14H2/t21-/m1/s1. The number of aliphatic hydroxyl groups is 1. The fraction of sp³-hybridized carbons (Fsp3) is 0.167. The Bertz CT molecular complexity index is 1170. The average molecular weight is 433 g/mol. The number of carbonyl (C=O) groups is 2. The van der Waals surface area contributed by atoms with E-state index in [9.17, 15) is 14.7 Å². The molecule has 2 aromatic carbocycles. The zero-order valence-corrected chi connectivity index (χ0v) is 17.3. The molecule has 3 heterocycles. The van der Waals surface area contributed by atoms with E-state index in [-0.39, 0.29) is 17.9 Å². The molecule has 2 aliphatic heterocycles. The third-order valence-corrected chi connectivity index (χ3v) is 6.29. The van der Waals surface area contributed by atoms with Crippen molar-refractivity contribution in [2.45, 2.75) is 12.6 Å². The summed E-state index contributed by atoms with van der Waals surface area (Å²) in [5.74, 6) is -0.448. The van der Waals surface area contributed by atoms with E-state index in [1.54, 1.807) is 18.2 Å². The minimum Gasteiger partial charge on any atom is -0.507 e. The number of ether oxygens (including phenoxy) is 2. The number of benzene rings is 2. The molecule has 0 spiro atoms. The van der Waals surface area contributed by atoms with Gasteiger partial charge in [-0.3, -0.25) is 9.59 Å². The second-order valence-electron chi connectivity index (χ2n) is 7.29. The molecule has 0 bridgehead atoms. The van der Waals surface area contributed by atoms with Gasteiger partial charge in [0.05, 0.1) is 11.6 Å². The first-order valence-electron chi connectivity index (χ1n) is 9.89. The first kappa shape index (κ1) is 19.4. The number of likely N-dealkylation sites (tertiary alicyclic amines) is 1. The summed E-state index contributed by atoms with van der Waals surface area (Å²) in [6.45, 7) is 1.14. The quantitative estimate of drug-likeness (QED) is 0.380. The Morgan fingerprint density at radius 3 is 2.52 bits per heavy atom. The van der Waals surface area contributed by atoms with Crippen LogP contribution in [0.3, 0.4) is 0 Å². The van der Waals surface area contributed by atoms with Crippen LogP contribution in [0.2, 0.25) is 0 Å². The molecule has 1 atom stereocenters. The molecular weight excluding hydrogens is 414 g/mol. The van der Waals surface area contributed by atoms with Crippen LogP contribution in [0.1, 0.15) is 22.0 Å². The molecule has 1 saturated heterocycles. The zero-order valence-electron chi connectivity index (χ0n) is 16.5. The Morgan fingerprint density at radius 2 is 1.77 bits per heavy atom. The molecular formula is C24H19NO5S. The Kier molecular flexibility index (Phi) is 4.95. The molecule has 0 unspecified atom stereocenters. The predicted octanol–water partition coefficient (Wildman–Crippen LogP) is 4.14. The van der Waals surface area contributed by atoms with Gasteiger partial charge in [0, 0.05) is 17.0 Å². The highest BCUT2D eigenvalue weighted by Gasteiger charge is 2.46. The van der Waals surface area contributed by atoms with Gasteiger partial charge in [0.1, 0.15) is 19.0 Å². The monoisotopic (exact) mass is 433 g/mol. The van der Waals surface area contributed by atoms with E-state index in [4.69, 9.17) is 9.47 Å². The molecule has 156 valence electrons. The smallest absolute Gasteiger partial charge is 0.295 e. The fourth-order valence-electron chi connectivity index (χ4n) is 3.91. The van der Waals surface area contributed by atoms with E-state index in [2.05, 4.69) is 0 Å². The topological polar surface area (TPSA) is 76.1 Å². The van der Waals surface area contributed by atoms with E-state index in [0.29, 0.717) is 30.3 Å². The van der Waals surface area contributed by atoms with Crippen LogP contribution in [0.5, 0.6) is 11.5 Å². The number of rotatable bonds is 4. The van der Waals surface area contributed by atoms with Crippen LogP contribution < -0.4 is 9.47 Å². The Morgan fingerprint density at radius 1 is 1.00 bits per heavy atom. The number of fused-ring (bicyclic) bond motifs is 1. The van der Waals surface area contributed by atoms with Crippen molar-refractivity contribution in [2.24, 2.45) is 0 Å². The minimum absolute atomic E-state index is 0.0834. The number of hydrogen-bond acceptors (Lipinski definition) is 6. The average Bonchev–Trinajstić information content (AvgIpc) is 3.42. The Balaban J connectivity index is 1.60. The number of amides is 1. The molecule has 0 aliphatic carbocycles. The number of Topliss-reactive ketones (excluding diaryl/α,β-unsaturated/α-hetero) is 1. The van der Waals surface area contributed by atoms with Gasteiger partial charge in [0.15, 0.2) is 11.5 Å². The molecule has 0 saturated carbocycles. The van der Waals surface area contributed by atoms with E-state index in [1.165, 1.54) is 16.2 Å². The number of hydrogen-bond donors (Lipinski definition) is 1. The highest BCUT2D eigenvalue weighted by Crippen LogP contribution is 2.43. The van der Waals surface area contributed by atoms with Gasteiger partial charge in [-0.25, -0.2) is 0 Å². The SMILES string of the molecule is O=C1C(=O)N(Cc2ccccc2)[C@H](c2cccs2)C1=C(O)c1ccc2c(c1)OCCO2. The van der Waals surface area contributed by atoms with Gasteiger partial charge >= 0.3 is 0 Å². The van der Waals surface area contributed by atoms with Crippen LogP contribution in [0.4, 0.5) is 0 Å². The van der Waals surface area contributed by atoms with Crippen molar-refractivity contribution in [3.05, 3.63) is 87.6 Å². The molecule has 0 radical (unpaired) electrons. The van der Waals surface area contributed by atoms with E-state index in [0.717, 1.165) is 10.4 Å². The van der Waals surface area contributed by atoms with Crippen LogP contribution in [0.25, 0.3) is 5.76 Å². The van der Waals surface area contributed by atoms with Crippen molar-refractivity contribution in [1.82, 2.24) is 4.90 Å². The predicted molar refractivity (Wildman–Crippen MR) is 116 cm³/mol. The van der Waals surface area contributed by atoms with Crippen molar-refractivity contribution in [3.63, 3.8) is 0 Å². The normalized spacial score (nSPS) is 19.6. The third kappa shape index (κ3) is 3.47. The molecule has 3 aromatic rings. The largest absolute Gasteiger partial charge is 0.507 e. The van der Waals surface area contributed by atoms with Crippen LogP contribution in [-0.4, -0.2) is 34.9 Å². The molecule has 2 aliphatic rings. The maximum Gasteiger partial charge on any atom is 0.295 e. The van der Waals surface area contributed by atoms with E-state index in [1.807, 2.05) is 47.8 Å². The van der Waals surface area contributed by atoms with Crippen molar-refractivity contribution >= 4 is 28.8 Å². The Hall–Kier alpha value is -3.58. The summed E-state index contributed by atoms with van der Waals surface area (Å²) in [7, 11) is 0. The second kappa shape index (κ2) is 7.92. The molecule has 1 aromatic heterocycles. The lowest BCUT2D eigenvalue weighted by atomic mass is 9.99. The van der Waals surface area contributed by atoms with Gasteiger partial charge in [-0.1, -0.05) is 36.4 Å². The van der Waals surface area contributed by atoms with Gasteiger partial charge in [0.2, 0.25) is 0 Å². The summed E-state index contributed by atoms with van der Waals surface area (Å²) in [5.41, 5.74) is 1.40. The lowest BCUT2D eigenvalue weighted by molar-refractivity contribution is -0.140. The first-order chi connectivity index (χ1) is 15.1. The second-order valence-corrected chi connectivity index (χ2v) is 8.27. The van der Waals surface area contributed by atoms with E-state index < -0.39 is 17.7 Å². The highest BCUT2D eigenvalue weighted by atomic mass is 32.1. The molecule has 6 nitrogen and oxygen atoms in total. The lowest BCUT2D eigenvalue weighted by Gasteiger charge is -2.24. The molecule has 1 fully saturated rings. The molecule has 1 amide bonds. The van der Waals surface area contributed by atoms with Crippen LogP contribution >= 0.6 is 11.3 Å². The van der Waals surface area contributed by atoms with Gasteiger partial charge in [-0.2, -0.15) is 0 Å². The summed E-state index contributed by atoms with van der Waals surface area (Å²) in [6.07, 6.45) is 0. The summed E-state index contributed by atoms with van der Waals surface area (Å²) in [5, 5.41) is 13.0. The number of nitrogens with zero attached hydrogens (tertiary/aromatic N) is 1. The summed E-state index contributed by atoms with van der Waals surface area (Å²) in [6, 6.07) is 17.6. The number of aliphatic hydroxyl groups excluding tert-OH is 1. The first-order valence-corrected chi connectivity index (χ1v) is 10.8. The number of ketones is 1. The van der Waals surface area contributed by atoms with Gasteiger partial charge in [0.25, 0.3) is 11.7 Å². The minimum atomic E-state index is -0.693. The van der Waals surface area contributed by atoms with Gasteiger partial charge in [-0.15, -0.1) is 11.3 Å². The van der Waals surface area contributed by atoms with Gasteiger partial charge < -0.3 is 19.5 Å². The summed E-state index contributed by atoms with van der Waals surface area (Å²) >= 11 is 1.44. The number of carbonyl (C=O) groups excluding carboxylic acids is 2. The van der Waals surface area contributed by atoms with Crippen molar-refractivity contribution in [3.8, 4) is 11.5 Å².